The lowest BCUT2D eigenvalue weighted by molar-refractivity contribution is -0.127. The predicted molar refractivity (Wildman–Crippen MR) is 70.2 cm³/mol. The minimum atomic E-state index is -0.364. The predicted octanol–water partition coefficient (Wildman–Crippen LogP) is 0.326. The Labute approximate surface area is 112 Å². The highest BCUT2D eigenvalue weighted by molar-refractivity contribution is 5.85. The van der Waals surface area contributed by atoms with Crippen LogP contribution in [0.2, 0.25) is 0 Å². The van der Waals surface area contributed by atoms with Gasteiger partial charge in [0.05, 0.1) is 13.7 Å². The first-order chi connectivity index (χ1) is 9.17. The zero-order valence-corrected chi connectivity index (χ0v) is 11.1. The molecular weight excluding hydrogens is 248 g/mol. The number of carbonyl (C=O) groups excluding carboxylic acids is 2. The molecule has 2 amide bonds. The maximum absolute atomic E-state index is 11.5. The molecule has 0 unspecified atom stereocenters. The Kier molecular flexibility index (Phi) is 6.21. The Bertz CT molecular complexity index is 434. The highest BCUT2D eigenvalue weighted by atomic mass is 16.5. The van der Waals surface area contributed by atoms with E-state index in [1.807, 2.05) is 6.92 Å². The molecule has 0 fully saturated rings. The first kappa shape index (κ1) is 14.8. The first-order valence-corrected chi connectivity index (χ1v) is 5.96. The third kappa shape index (κ3) is 5.29. The van der Waals surface area contributed by atoms with Gasteiger partial charge in [0.2, 0.25) is 5.91 Å². The van der Waals surface area contributed by atoms with E-state index in [2.05, 4.69) is 10.6 Å². The minimum absolute atomic E-state index is 0.0536. The molecule has 19 heavy (non-hydrogen) atoms. The fourth-order valence-corrected chi connectivity index (χ4v) is 1.37. The van der Waals surface area contributed by atoms with Gasteiger partial charge < -0.3 is 20.1 Å². The average Bonchev–Trinajstić information content (AvgIpc) is 2.43. The number of benzene rings is 1. The van der Waals surface area contributed by atoms with E-state index in [-0.39, 0.29) is 25.0 Å². The lowest BCUT2D eigenvalue weighted by Crippen LogP contribution is -2.38. The molecule has 6 nitrogen and oxygen atoms in total. The van der Waals surface area contributed by atoms with Crippen LogP contribution < -0.4 is 20.1 Å². The molecule has 0 aliphatic heterocycles. The van der Waals surface area contributed by atoms with Crippen LogP contribution in [0.4, 0.5) is 0 Å². The molecule has 0 heterocycles. The minimum Gasteiger partial charge on any atom is -0.493 e. The van der Waals surface area contributed by atoms with Crippen LogP contribution in [0.25, 0.3) is 0 Å². The van der Waals surface area contributed by atoms with E-state index in [4.69, 9.17) is 9.47 Å². The van der Waals surface area contributed by atoms with E-state index in [0.29, 0.717) is 18.0 Å². The van der Waals surface area contributed by atoms with E-state index in [1.54, 1.807) is 24.3 Å². The van der Waals surface area contributed by atoms with Crippen LogP contribution in [0.3, 0.4) is 0 Å². The molecule has 0 radical (unpaired) electrons. The average molecular weight is 266 g/mol. The Morgan fingerprint density at radius 2 is 1.79 bits per heavy atom. The van der Waals surface area contributed by atoms with Crippen molar-refractivity contribution >= 4 is 11.8 Å². The van der Waals surface area contributed by atoms with Gasteiger partial charge >= 0.3 is 0 Å². The first-order valence-electron chi connectivity index (χ1n) is 5.96. The maximum atomic E-state index is 11.5. The maximum Gasteiger partial charge on any atom is 0.258 e. The molecule has 6 heteroatoms. The second-order valence-corrected chi connectivity index (χ2v) is 3.67. The van der Waals surface area contributed by atoms with E-state index in [9.17, 15) is 9.59 Å². The molecule has 0 aromatic heterocycles. The van der Waals surface area contributed by atoms with Gasteiger partial charge in [-0.1, -0.05) is 12.1 Å². The van der Waals surface area contributed by atoms with Gasteiger partial charge in [-0.3, -0.25) is 9.59 Å². The third-order valence-corrected chi connectivity index (χ3v) is 2.25. The van der Waals surface area contributed by atoms with Crippen LogP contribution in [0.1, 0.15) is 6.92 Å². The molecular formula is C13H18N2O4. The van der Waals surface area contributed by atoms with E-state index >= 15 is 0 Å². The SMILES string of the molecule is CCNC(=O)CNC(=O)COc1ccccc1OC. The van der Waals surface area contributed by atoms with E-state index in [1.165, 1.54) is 7.11 Å². The van der Waals surface area contributed by atoms with Crippen molar-refractivity contribution in [2.75, 3.05) is 26.8 Å². The van der Waals surface area contributed by atoms with Crippen LogP contribution in [-0.2, 0) is 9.59 Å². The lowest BCUT2D eigenvalue weighted by Gasteiger charge is -2.10. The van der Waals surface area contributed by atoms with Crippen LogP contribution >= 0.6 is 0 Å². The molecule has 1 rings (SSSR count). The monoisotopic (exact) mass is 266 g/mol. The molecule has 0 spiro atoms. The van der Waals surface area contributed by atoms with Crippen molar-refractivity contribution < 1.29 is 19.1 Å². The summed E-state index contributed by atoms with van der Waals surface area (Å²) in [5, 5.41) is 5.04. The molecule has 0 bridgehead atoms. The van der Waals surface area contributed by atoms with Crippen LogP contribution in [0, 0.1) is 0 Å². The zero-order valence-electron chi connectivity index (χ0n) is 11.1. The number of methoxy groups -OCH3 is 1. The summed E-state index contributed by atoms with van der Waals surface area (Å²) in [7, 11) is 1.53. The van der Waals surface area contributed by atoms with Gasteiger partial charge in [0, 0.05) is 6.54 Å². The molecule has 0 aliphatic carbocycles. The van der Waals surface area contributed by atoms with Gasteiger partial charge in [0.25, 0.3) is 5.91 Å². The number of hydrogen-bond acceptors (Lipinski definition) is 4. The largest absolute Gasteiger partial charge is 0.493 e. The Morgan fingerprint density at radius 1 is 1.11 bits per heavy atom. The molecule has 0 aliphatic rings. The number of likely N-dealkylation sites (N-methyl/N-ethyl adjacent to an activating group) is 1. The van der Waals surface area contributed by atoms with E-state index < -0.39 is 0 Å². The summed E-state index contributed by atoms with van der Waals surface area (Å²) >= 11 is 0. The van der Waals surface area contributed by atoms with Gasteiger partial charge in [-0.2, -0.15) is 0 Å². The molecule has 0 atom stereocenters. The van der Waals surface area contributed by atoms with E-state index in [0.717, 1.165) is 0 Å². The second kappa shape index (κ2) is 7.97. The summed E-state index contributed by atoms with van der Waals surface area (Å²) in [6.45, 7) is 2.12. The summed E-state index contributed by atoms with van der Waals surface area (Å²) in [6.07, 6.45) is 0. The van der Waals surface area contributed by atoms with Crippen molar-refractivity contribution in [3.8, 4) is 11.5 Å². The van der Waals surface area contributed by atoms with Crippen molar-refractivity contribution in [2.45, 2.75) is 6.92 Å². The van der Waals surface area contributed by atoms with Gasteiger partial charge in [-0.15, -0.1) is 0 Å². The molecule has 0 saturated heterocycles. The number of nitrogens with one attached hydrogen (secondary N) is 2. The fraction of sp³-hybridized carbons (Fsp3) is 0.385. The molecule has 0 saturated carbocycles. The summed E-state index contributed by atoms with van der Waals surface area (Å²) in [6, 6.07) is 7.03. The molecule has 104 valence electrons. The number of ether oxygens (including phenoxy) is 2. The Morgan fingerprint density at radius 3 is 2.42 bits per heavy atom. The summed E-state index contributed by atoms with van der Waals surface area (Å²) < 4.78 is 10.4. The van der Waals surface area contributed by atoms with Gasteiger partial charge in [-0.05, 0) is 19.1 Å². The second-order valence-electron chi connectivity index (χ2n) is 3.67. The van der Waals surface area contributed by atoms with Crippen molar-refractivity contribution in [3.63, 3.8) is 0 Å². The lowest BCUT2D eigenvalue weighted by atomic mass is 10.3. The van der Waals surface area contributed by atoms with Gasteiger partial charge in [-0.25, -0.2) is 0 Å². The van der Waals surface area contributed by atoms with Gasteiger partial charge in [0.1, 0.15) is 0 Å². The Hall–Kier alpha value is -2.24. The molecule has 2 N–H and O–H groups in total. The zero-order chi connectivity index (χ0) is 14.1. The van der Waals surface area contributed by atoms with Crippen molar-refractivity contribution in [1.29, 1.82) is 0 Å². The smallest absolute Gasteiger partial charge is 0.258 e. The van der Waals surface area contributed by atoms with Crippen molar-refractivity contribution in [2.24, 2.45) is 0 Å². The normalized spacial score (nSPS) is 9.58. The van der Waals surface area contributed by atoms with Crippen molar-refractivity contribution in [1.82, 2.24) is 10.6 Å². The van der Waals surface area contributed by atoms with Crippen molar-refractivity contribution in [3.05, 3.63) is 24.3 Å². The highest BCUT2D eigenvalue weighted by Crippen LogP contribution is 2.25. The number of hydrogen-bond donors (Lipinski definition) is 2. The number of rotatable bonds is 7. The van der Waals surface area contributed by atoms with Crippen LogP contribution in [0.15, 0.2) is 24.3 Å². The highest BCUT2D eigenvalue weighted by Gasteiger charge is 2.07. The molecule has 1 aromatic carbocycles. The fourth-order valence-electron chi connectivity index (χ4n) is 1.37. The summed E-state index contributed by atoms with van der Waals surface area (Å²) in [5.74, 6) is 0.447. The quantitative estimate of drug-likeness (QED) is 0.745. The third-order valence-electron chi connectivity index (χ3n) is 2.25. The number of carbonyl (C=O) groups is 2. The summed E-state index contributed by atoms with van der Waals surface area (Å²) in [4.78, 5) is 22.6. The Balaban J connectivity index is 2.35. The summed E-state index contributed by atoms with van der Waals surface area (Å²) in [5.41, 5.74) is 0. The number of amides is 2. The van der Waals surface area contributed by atoms with Crippen LogP contribution in [0.5, 0.6) is 11.5 Å². The molecule has 1 aromatic rings. The topological polar surface area (TPSA) is 76.7 Å². The van der Waals surface area contributed by atoms with Crippen LogP contribution in [-0.4, -0.2) is 38.6 Å². The van der Waals surface area contributed by atoms with Gasteiger partial charge in [0.15, 0.2) is 18.1 Å². The standard InChI is InChI=1S/C13H18N2O4/c1-3-14-12(16)8-15-13(17)9-19-11-7-5-4-6-10(11)18-2/h4-7H,3,8-9H2,1-2H3,(H,14,16)(H,15,17). The number of para-hydroxylation sites is 2.